The summed E-state index contributed by atoms with van der Waals surface area (Å²) in [5, 5.41) is 0. The van der Waals surface area contributed by atoms with Gasteiger partial charge < -0.3 is 4.74 Å². The predicted octanol–water partition coefficient (Wildman–Crippen LogP) is 2.83. The van der Waals surface area contributed by atoms with Crippen LogP contribution < -0.4 is 0 Å². The van der Waals surface area contributed by atoms with E-state index in [1.807, 2.05) is 0 Å². The summed E-state index contributed by atoms with van der Waals surface area (Å²) in [6.07, 6.45) is 4.38. The van der Waals surface area contributed by atoms with Crippen molar-refractivity contribution in [2.75, 3.05) is 6.61 Å². The maximum absolute atomic E-state index is 5.94. The second-order valence-corrected chi connectivity index (χ2v) is 5.38. The zero-order chi connectivity index (χ0) is 11.7. The normalized spacial score (nSPS) is 33.6. The van der Waals surface area contributed by atoms with Crippen molar-refractivity contribution in [1.29, 1.82) is 0 Å². The molecule has 1 aromatic carbocycles. The van der Waals surface area contributed by atoms with Crippen molar-refractivity contribution < 1.29 is 4.74 Å². The summed E-state index contributed by atoms with van der Waals surface area (Å²) >= 11 is 0. The zero-order valence-electron chi connectivity index (χ0n) is 10.5. The molecule has 0 bridgehead atoms. The third-order valence-corrected chi connectivity index (χ3v) is 4.17. The monoisotopic (exact) mass is 231 g/mol. The fraction of sp³-hybridized carbons (Fsp3) is 0.600. The summed E-state index contributed by atoms with van der Waals surface area (Å²) in [5.41, 5.74) is 1.42. The highest BCUT2D eigenvalue weighted by atomic mass is 16.5. The predicted molar refractivity (Wildman–Crippen MR) is 68.8 cm³/mol. The standard InChI is InChI=1S/C15H21NO/c1-12-11-17-15-9-5-8-14(15)16(12)10-13-6-3-2-4-7-13/h2-4,6-7,12,14-15H,5,8-11H2,1H3. The minimum Gasteiger partial charge on any atom is -0.375 e. The molecule has 17 heavy (non-hydrogen) atoms. The molecule has 2 aliphatic rings. The Morgan fingerprint density at radius 3 is 2.88 bits per heavy atom. The van der Waals surface area contributed by atoms with Gasteiger partial charge in [-0.25, -0.2) is 0 Å². The quantitative estimate of drug-likeness (QED) is 0.776. The van der Waals surface area contributed by atoms with Crippen molar-refractivity contribution in [2.45, 2.75) is 50.9 Å². The Morgan fingerprint density at radius 2 is 2.06 bits per heavy atom. The first-order valence-corrected chi connectivity index (χ1v) is 6.76. The largest absolute Gasteiger partial charge is 0.375 e. The Labute approximate surface area is 104 Å². The van der Waals surface area contributed by atoms with E-state index in [0.717, 1.165) is 13.2 Å². The first-order chi connectivity index (χ1) is 8.34. The van der Waals surface area contributed by atoms with Crippen LogP contribution in [0.4, 0.5) is 0 Å². The van der Waals surface area contributed by atoms with Gasteiger partial charge in [0, 0.05) is 18.6 Å². The van der Waals surface area contributed by atoms with E-state index >= 15 is 0 Å². The Bertz CT molecular complexity index is 364. The van der Waals surface area contributed by atoms with Crippen molar-refractivity contribution >= 4 is 0 Å². The van der Waals surface area contributed by atoms with E-state index in [1.165, 1.54) is 24.8 Å². The molecule has 1 aromatic rings. The highest BCUT2D eigenvalue weighted by Crippen LogP contribution is 2.32. The molecule has 0 N–H and O–H groups in total. The van der Waals surface area contributed by atoms with Crippen LogP contribution in [0.15, 0.2) is 30.3 Å². The van der Waals surface area contributed by atoms with E-state index in [-0.39, 0.29) is 0 Å². The second-order valence-electron chi connectivity index (χ2n) is 5.38. The van der Waals surface area contributed by atoms with Gasteiger partial charge in [-0.15, -0.1) is 0 Å². The topological polar surface area (TPSA) is 12.5 Å². The fourth-order valence-electron chi connectivity index (χ4n) is 3.23. The van der Waals surface area contributed by atoms with E-state index in [2.05, 4.69) is 42.2 Å². The van der Waals surface area contributed by atoms with Gasteiger partial charge in [0.05, 0.1) is 12.7 Å². The Kier molecular flexibility index (Phi) is 3.17. The van der Waals surface area contributed by atoms with Crippen molar-refractivity contribution in [2.24, 2.45) is 0 Å². The number of morpholine rings is 1. The smallest absolute Gasteiger partial charge is 0.0731 e. The minimum absolute atomic E-state index is 0.495. The van der Waals surface area contributed by atoms with Crippen molar-refractivity contribution in [3.05, 3.63) is 35.9 Å². The average molecular weight is 231 g/mol. The van der Waals surface area contributed by atoms with Crippen LogP contribution in [0, 0.1) is 0 Å². The summed E-state index contributed by atoms with van der Waals surface area (Å²) in [6.45, 7) is 4.26. The van der Waals surface area contributed by atoms with Crippen LogP contribution in [-0.2, 0) is 11.3 Å². The molecule has 0 radical (unpaired) electrons. The van der Waals surface area contributed by atoms with Gasteiger partial charge in [-0.3, -0.25) is 4.90 Å². The first-order valence-electron chi connectivity index (χ1n) is 6.76. The van der Waals surface area contributed by atoms with Crippen molar-refractivity contribution in [3.63, 3.8) is 0 Å². The number of hydrogen-bond donors (Lipinski definition) is 0. The third kappa shape index (κ3) is 2.24. The van der Waals surface area contributed by atoms with E-state index in [9.17, 15) is 0 Å². The summed E-state index contributed by atoms with van der Waals surface area (Å²) in [7, 11) is 0. The van der Waals surface area contributed by atoms with Crippen LogP contribution >= 0.6 is 0 Å². The summed E-state index contributed by atoms with van der Waals surface area (Å²) in [6, 6.07) is 12.0. The minimum atomic E-state index is 0.495. The maximum Gasteiger partial charge on any atom is 0.0731 e. The first kappa shape index (κ1) is 11.2. The van der Waals surface area contributed by atoms with Gasteiger partial charge in [0.25, 0.3) is 0 Å². The van der Waals surface area contributed by atoms with Crippen molar-refractivity contribution in [1.82, 2.24) is 4.90 Å². The molecule has 1 heterocycles. The van der Waals surface area contributed by atoms with Crippen molar-refractivity contribution in [3.8, 4) is 0 Å². The number of fused-ring (bicyclic) bond motifs is 1. The highest BCUT2D eigenvalue weighted by Gasteiger charge is 2.38. The van der Waals surface area contributed by atoms with E-state index in [1.54, 1.807) is 0 Å². The summed E-state index contributed by atoms with van der Waals surface area (Å²) < 4.78 is 5.94. The van der Waals surface area contributed by atoms with Crippen LogP contribution in [-0.4, -0.2) is 29.7 Å². The molecule has 2 heteroatoms. The molecule has 0 spiro atoms. The Morgan fingerprint density at radius 1 is 1.24 bits per heavy atom. The van der Waals surface area contributed by atoms with Gasteiger partial charge in [-0.2, -0.15) is 0 Å². The molecule has 1 aliphatic heterocycles. The lowest BCUT2D eigenvalue weighted by atomic mass is 10.1. The molecular weight excluding hydrogens is 210 g/mol. The van der Waals surface area contributed by atoms with Gasteiger partial charge in [0.2, 0.25) is 0 Å². The number of benzene rings is 1. The van der Waals surface area contributed by atoms with Crippen LogP contribution in [0.1, 0.15) is 31.7 Å². The molecule has 3 unspecified atom stereocenters. The molecule has 0 aromatic heterocycles. The van der Waals surface area contributed by atoms with Crippen LogP contribution in [0.2, 0.25) is 0 Å². The molecule has 0 amide bonds. The molecule has 3 atom stereocenters. The fourth-order valence-corrected chi connectivity index (χ4v) is 3.23. The number of rotatable bonds is 2. The summed E-state index contributed by atoms with van der Waals surface area (Å²) in [5.74, 6) is 0. The van der Waals surface area contributed by atoms with Crippen LogP contribution in [0.3, 0.4) is 0 Å². The molecule has 2 nitrogen and oxygen atoms in total. The van der Waals surface area contributed by atoms with E-state index in [4.69, 9.17) is 4.74 Å². The average Bonchev–Trinajstić information content (AvgIpc) is 2.83. The lowest BCUT2D eigenvalue weighted by Gasteiger charge is -2.42. The molecular formula is C15H21NO. The molecule has 3 rings (SSSR count). The summed E-state index contributed by atoms with van der Waals surface area (Å²) in [4.78, 5) is 2.65. The molecule has 1 saturated heterocycles. The van der Waals surface area contributed by atoms with Gasteiger partial charge in [0.1, 0.15) is 0 Å². The Balaban J connectivity index is 1.75. The lowest BCUT2D eigenvalue weighted by Crippen LogP contribution is -2.52. The van der Waals surface area contributed by atoms with Crippen LogP contribution in [0.25, 0.3) is 0 Å². The highest BCUT2D eigenvalue weighted by molar-refractivity contribution is 5.15. The Hall–Kier alpha value is -0.860. The van der Waals surface area contributed by atoms with E-state index in [0.29, 0.717) is 18.2 Å². The van der Waals surface area contributed by atoms with E-state index < -0.39 is 0 Å². The molecule has 2 fully saturated rings. The van der Waals surface area contributed by atoms with Gasteiger partial charge in [0.15, 0.2) is 0 Å². The second kappa shape index (κ2) is 4.79. The maximum atomic E-state index is 5.94. The molecule has 92 valence electrons. The number of hydrogen-bond acceptors (Lipinski definition) is 2. The number of ether oxygens (including phenoxy) is 1. The SMILES string of the molecule is CC1COC2CCCC2N1Cc1ccccc1. The number of nitrogens with zero attached hydrogens (tertiary/aromatic N) is 1. The molecule has 1 saturated carbocycles. The zero-order valence-corrected chi connectivity index (χ0v) is 10.5. The molecule has 1 aliphatic carbocycles. The van der Waals surface area contributed by atoms with Crippen LogP contribution in [0.5, 0.6) is 0 Å². The lowest BCUT2D eigenvalue weighted by molar-refractivity contribution is -0.0887. The third-order valence-electron chi connectivity index (χ3n) is 4.17. The van der Waals surface area contributed by atoms with Gasteiger partial charge in [-0.1, -0.05) is 30.3 Å². The van der Waals surface area contributed by atoms with Gasteiger partial charge >= 0.3 is 0 Å². The van der Waals surface area contributed by atoms with Gasteiger partial charge in [-0.05, 0) is 31.7 Å².